The summed E-state index contributed by atoms with van der Waals surface area (Å²) in [5.41, 5.74) is 2.00. The number of thiophene rings is 1. The average molecular weight is 417 g/mol. The minimum atomic E-state index is -0.321. The highest BCUT2D eigenvalue weighted by Crippen LogP contribution is 2.36. The van der Waals surface area contributed by atoms with E-state index in [-0.39, 0.29) is 11.3 Å². The molecule has 146 valence electrons. The third-order valence-electron chi connectivity index (χ3n) is 4.81. The van der Waals surface area contributed by atoms with E-state index >= 15 is 0 Å². The molecule has 8 heteroatoms. The molecule has 0 atom stereocenters. The summed E-state index contributed by atoms with van der Waals surface area (Å²) in [5, 5.41) is 4.43. The van der Waals surface area contributed by atoms with E-state index in [0.29, 0.717) is 17.9 Å². The first-order chi connectivity index (χ1) is 13.6. The number of hydrogen-bond acceptors (Lipinski definition) is 7. The highest BCUT2D eigenvalue weighted by Gasteiger charge is 2.24. The minimum Gasteiger partial charge on any atom is -0.461 e. The van der Waals surface area contributed by atoms with Gasteiger partial charge in [0.25, 0.3) is 0 Å². The van der Waals surface area contributed by atoms with Crippen LogP contribution in [0.3, 0.4) is 0 Å². The third kappa shape index (κ3) is 3.97. The van der Waals surface area contributed by atoms with Gasteiger partial charge in [-0.05, 0) is 29.7 Å². The Hall–Kier alpha value is -2.22. The van der Waals surface area contributed by atoms with E-state index in [1.165, 1.54) is 11.3 Å². The first kappa shape index (κ1) is 19.1. The lowest BCUT2D eigenvalue weighted by Crippen LogP contribution is -2.44. The van der Waals surface area contributed by atoms with Crippen molar-refractivity contribution < 1.29 is 9.53 Å². The van der Waals surface area contributed by atoms with Gasteiger partial charge in [0, 0.05) is 32.6 Å². The highest BCUT2D eigenvalue weighted by atomic mass is 35.5. The molecule has 1 aliphatic heterocycles. The largest absolute Gasteiger partial charge is 0.461 e. The number of fused-ring (bicyclic) bond motifs is 1. The van der Waals surface area contributed by atoms with Crippen LogP contribution in [0.5, 0.6) is 0 Å². The van der Waals surface area contributed by atoms with Crippen molar-refractivity contribution in [3.8, 4) is 0 Å². The smallest absolute Gasteiger partial charge is 0.348 e. The van der Waals surface area contributed by atoms with Crippen molar-refractivity contribution in [3.05, 3.63) is 51.6 Å². The number of aromatic nitrogens is 2. The number of ether oxygens (including phenoxy) is 1. The third-order valence-corrected chi connectivity index (χ3v) is 6.15. The summed E-state index contributed by atoms with van der Waals surface area (Å²) < 4.78 is 5.52. The second-order valence-corrected chi connectivity index (χ2v) is 8.00. The summed E-state index contributed by atoms with van der Waals surface area (Å²) in [6.45, 7) is 5.73. The fraction of sp³-hybridized carbons (Fsp3) is 0.350. The second kappa shape index (κ2) is 8.43. The van der Waals surface area contributed by atoms with Gasteiger partial charge < -0.3 is 15.0 Å². The van der Waals surface area contributed by atoms with Gasteiger partial charge in [0.15, 0.2) is 0 Å². The summed E-state index contributed by atoms with van der Waals surface area (Å²) in [4.78, 5) is 25.0. The zero-order valence-corrected chi connectivity index (χ0v) is 17.1. The van der Waals surface area contributed by atoms with Crippen molar-refractivity contribution in [3.63, 3.8) is 0 Å². The molecule has 3 aromatic rings. The predicted octanol–water partition coefficient (Wildman–Crippen LogP) is 3.46. The summed E-state index contributed by atoms with van der Waals surface area (Å²) in [6.07, 6.45) is 0.689. The van der Waals surface area contributed by atoms with Gasteiger partial charge in [-0.1, -0.05) is 30.3 Å². The molecule has 0 radical (unpaired) electrons. The number of aryl methyl sites for hydroxylation is 1. The van der Waals surface area contributed by atoms with E-state index in [1.807, 2.05) is 37.3 Å². The summed E-state index contributed by atoms with van der Waals surface area (Å²) in [5.74, 6) is 0.479. The van der Waals surface area contributed by atoms with Crippen molar-refractivity contribution in [2.75, 3.05) is 37.7 Å². The average Bonchev–Trinajstić information content (AvgIpc) is 3.05. The summed E-state index contributed by atoms with van der Waals surface area (Å²) in [7, 11) is 0. The van der Waals surface area contributed by atoms with Crippen LogP contribution in [0.4, 0.5) is 5.82 Å². The van der Waals surface area contributed by atoms with E-state index in [0.717, 1.165) is 53.3 Å². The summed E-state index contributed by atoms with van der Waals surface area (Å²) in [6, 6.07) is 9.98. The van der Waals surface area contributed by atoms with Gasteiger partial charge in [0.1, 0.15) is 15.5 Å². The molecule has 0 amide bonds. The van der Waals surface area contributed by atoms with Crippen molar-refractivity contribution in [1.29, 1.82) is 0 Å². The lowest BCUT2D eigenvalue weighted by atomic mass is 10.1. The molecule has 1 aromatic carbocycles. The van der Waals surface area contributed by atoms with Gasteiger partial charge in [0.05, 0.1) is 12.0 Å². The lowest BCUT2D eigenvalue weighted by Gasteiger charge is -2.29. The molecular weight excluding hydrogens is 396 g/mol. The van der Waals surface area contributed by atoms with Crippen LogP contribution in [0.1, 0.15) is 20.8 Å². The fourth-order valence-corrected chi connectivity index (χ4v) is 4.65. The quantitative estimate of drug-likeness (QED) is 0.507. The van der Waals surface area contributed by atoms with Crippen molar-refractivity contribution >= 4 is 44.9 Å². The SMILES string of the molecule is Cc1c(C(=O)OCCc2ccccc2)sc2nc(Cl)nc(N3CCNCC3)c12. The lowest BCUT2D eigenvalue weighted by molar-refractivity contribution is 0.0514. The zero-order chi connectivity index (χ0) is 19.5. The van der Waals surface area contributed by atoms with E-state index in [4.69, 9.17) is 16.3 Å². The number of carbonyl (C=O) groups excluding carboxylic acids is 1. The maximum absolute atomic E-state index is 12.7. The molecule has 3 heterocycles. The molecule has 0 spiro atoms. The Balaban J connectivity index is 1.57. The fourth-order valence-electron chi connectivity index (χ4n) is 3.36. The Bertz CT molecular complexity index is 987. The monoisotopic (exact) mass is 416 g/mol. The van der Waals surface area contributed by atoms with E-state index in [9.17, 15) is 4.79 Å². The maximum Gasteiger partial charge on any atom is 0.348 e. The number of hydrogen-bond donors (Lipinski definition) is 1. The van der Waals surface area contributed by atoms with Crippen LogP contribution < -0.4 is 10.2 Å². The Morgan fingerprint density at radius 1 is 1.25 bits per heavy atom. The zero-order valence-electron chi connectivity index (χ0n) is 15.6. The van der Waals surface area contributed by atoms with E-state index in [1.54, 1.807) is 0 Å². The predicted molar refractivity (Wildman–Crippen MR) is 113 cm³/mol. The van der Waals surface area contributed by atoms with E-state index < -0.39 is 0 Å². The Labute approximate surface area is 172 Å². The standard InChI is InChI=1S/C20H21ClN4O2S/c1-13-15-17(25-10-8-22-9-11-25)23-20(21)24-18(15)28-16(13)19(26)27-12-7-14-5-3-2-4-6-14/h2-6,22H,7-12H2,1H3. The van der Waals surface area contributed by atoms with E-state index in [2.05, 4.69) is 20.2 Å². The number of piperazine rings is 1. The second-order valence-electron chi connectivity index (χ2n) is 6.66. The number of benzene rings is 1. The molecule has 2 aromatic heterocycles. The molecule has 0 aliphatic carbocycles. The molecule has 28 heavy (non-hydrogen) atoms. The van der Waals surface area contributed by atoms with Crippen LogP contribution in [0.25, 0.3) is 10.2 Å². The van der Waals surface area contributed by atoms with Crippen LogP contribution in [-0.2, 0) is 11.2 Å². The molecule has 0 bridgehead atoms. The normalized spacial score (nSPS) is 14.4. The number of halogens is 1. The Morgan fingerprint density at radius 2 is 2.00 bits per heavy atom. The molecule has 1 fully saturated rings. The van der Waals surface area contributed by atoms with Crippen LogP contribution >= 0.6 is 22.9 Å². The number of nitrogens with zero attached hydrogens (tertiary/aromatic N) is 3. The topological polar surface area (TPSA) is 67.3 Å². The molecule has 0 unspecified atom stereocenters. The van der Waals surface area contributed by atoms with Crippen LogP contribution in [-0.4, -0.2) is 48.7 Å². The molecule has 1 aliphatic rings. The number of rotatable bonds is 5. The highest BCUT2D eigenvalue weighted by molar-refractivity contribution is 7.20. The van der Waals surface area contributed by atoms with Gasteiger partial charge in [-0.25, -0.2) is 9.78 Å². The molecule has 1 saturated heterocycles. The van der Waals surface area contributed by atoms with Crippen molar-refractivity contribution in [2.45, 2.75) is 13.3 Å². The van der Waals surface area contributed by atoms with Crippen molar-refractivity contribution in [2.24, 2.45) is 0 Å². The van der Waals surface area contributed by atoms with Crippen LogP contribution in [0.15, 0.2) is 30.3 Å². The van der Waals surface area contributed by atoms with Crippen LogP contribution in [0, 0.1) is 6.92 Å². The van der Waals surface area contributed by atoms with Gasteiger partial charge in [-0.2, -0.15) is 4.98 Å². The van der Waals surface area contributed by atoms with Gasteiger partial charge in [0.2, 0.25) is 5.28 Å². The van der Waals surface area contributed by atoms with Crippen molar-refractivity contribution in [1.82, 2.24) is 15.3 Å². The number of carbonyl (C=O) groups is 1. The molecule has 6 nitrogen and oxygen atoms in total. The number of esters is 1. The first-order valence-electron chi connectivity index (χ1n) is 9.27. The molecule has 1 N–H and O–H groups in total. The summed E-state index contributed by atoms with van der Waals surface area (Å²) >= 11 is 7.48. The molecule has 0 saturated carbocycles. The van der Waals surface area contributed by atoms with Gasteiger partial charge in [-0.15, -0.1) is 11.3 Å². The molecule has 4 rings (SSSR count). The number of nitrogens with one attached hydrogen (secondary N) is 1. The van der Waals surface area contributed by atoms with Crippen LogP contribution in [0.2, 0.25) is 5.28 Å². The molecular formula is C20H21ClN4O2S. The minimum absolute atomic E-state index is 0.200. The van der Waals surface area contributed by atoms with Gasteiger partial charge >= 0.3 is 5.97 Å². The number of anilines is 1. The first-order valence-corrected chi connectivity index (χ1v) is 10.5. The maximum atomic E-state index is 12.7. The Morgan fingerprint density at radius 3 is 2.75 bits per heavy atom. The Kier molecular flexibility index (Phi) is 5.75. The van der Waals surface area contributed by atoms with Gasteiger partial charge in [-0.3, -0.25) is 0 Å².